The highest BCUT2D eigenvalue weighted by Crippen LogP contribution is 2.41. The lowest BCUT2D eigenvalue weighted by atomic mass is 9.81. The van der Waals surface area contributed by atoms with Gasteiger partial charge in [0.1, 0.15) is 29.5 Å². The molecule has 57 heavy (non-hydrogen) atoms. The minimum atomic E-state index is -2.12. The van der Waals surface area contributed by atoms with E-state index in [1.807, 2.05) is 0 Å². The SMILES string of the molecule is C1=CC/C(=C(C2=C[NH+](c3ccccc3)C=CC=C2)/C(=C2\C=CC=CC2)c2ccccc2[NH2+]c2ccccc2)C=C1.CC(C)c1c(F)c(F)c(F)c(F)c1F.CCC. The van der Waals surface area contributed by atoms with Gasteiger partial charge in [-0.2, -0.15) is 0 Å². The first-order chi connectivity index (χ1) is 27.7. The highest BCUT2D eigenvalue weighted by molar-refractivity contribution is 5.92. The second kappa shape index (κ2) is 20.9. The van der Waals surface area contributed by atoms with Crippen LogP contribution in [-0.2, 0) is 0 Å². The topological polar surface area (TPSA) is 21.1 Å². The monoisotopic (exact) mass is 772 g/mol. The number of halogens is 5. The molecule has 3 aliphatic rings. The molecule has 2 aliphatic carbocycles. The fourth-order valence-electron chi connectivity index (χ4n) is 6.61. The molecule has 0 radical (unpaired) electrons. The van der Waals surface area contributed by atoms with Gasteiger partial charge in [0.15, 0.2) is 23.3 Å². The summed E-state index contributed by atoms with van der Waals surface area (Å²) < 4.78 is 63.6. The van der Waals surface area contributed by atoms with Crippen molar-refractivity contribution in [2.75, 3.05) is 0 Å². The summed E-state index contributed by atoms with van der Waals surface area (Å²) in [5, 5.41) is 2.30. The number of para-hydroxylation sites is 3. The predicted octanol–water partition coefficient (Wildman–Crippen LogP) is 12.4. The Labute approximate surface area is 333 Å². The third-order valence-electron chi connectivity index (χ3n) is 9.20. The third kappa shape index (κ3) is 10.7. The van der Waals surface area contributed by atoms with E-state index in [0.29, 0.717) is 0 Å². The van der Waals surface area contributed by atoms with Crippen molar-refractivity contribution in [1.82, 2.24) is 0 Å². The Hall–Kier alpha value is -5.89. The standard InChI is InChI=1S/C38H32N2.C9H7F5.C3H8/c1-5-17-30(18-6-1)37(32-21-15-16-28-40(29-32)34-24-11-4-12-25-34)38(31-19-7-2-8-20-31)35-26-13-14-27-36(35)39-33-22-9-3-10-23-33;1-3(2)4-5(10)7(12)9(14)8(13)6(4)11;1-3-2/h1-17,19,21-29,39H,18,20H2;3H,1-2H3;3H2,1-2H3/p+2/b37-30+,38-31+;;. The van der Waals surface area contributed by atoms with Gasteiger partial charge >= 0.3 is 0 Å². The second-order valence-electron chi connectivity index (χ2n) is 13.9. The summed E-state index contributed by atoms with van der Waals surface area (Å²) in [7, 11) is 0. The van der Waals surface area contributed by atoms with Gasteiger partial charge in [-0.3, -0.25) is 5.32 Å². The summed E-state index contributed by atoms with van der Waals surface area (Å²) in [6.07, 6.45) is 31.9. The normalized spacial score (nSPS) is 17.3. The molecule has 7 heteroatoms. The minimum Gasteiger partial charge on any atom is -0.281 e. The second-order valence-corrected chi connectivity index (χ2v) is 13.9. The molecular weight excluding hydrogens is 724 g/mol. The lowest BCUT2D eigenvalue weighted by Gasteiger charge is -2.23. The van der Waals surface area contributed by atoms with Crippen LogP contribution in [0, 0.1) is 29.1 Å². The fraction of sp³-hybridized carbons (Fsp3) is 0.160. The van der Waals surface area contributed by atoms with E-state index in [0.717, 1.165) is 12.8 Å². The van der Waals surface area contributed by atoms with E-state index in [1.165, 1.54) is 75.7 Å². The Morgan fingerprint density at radius 3 is 1.67 bits per heavy atom. The fourth-order valence-corrected chi connectivity index (χ4v) is 6.61. The Morgan fingerprint density at radius 2 is 1.11 bits per heavy atom. The van der Waals surface area contributed by atoms with Gasteiger partial charge in [0.25, 0.3) is 0 Å². The van der Waals surface area contributed by atoms with E-state index in [2.05, 4.69) is 183 Å². The number of hydrogen-bond acceptors (Lipinski definition) is 0. The molecule has 292 valence electrons. The molecule has 7 rings (SSSR count). The molecule has 0 amide bonds. The number of nitrogens with one attached hydrogen (secondary N) is 1. The third-order valence-corrected chi connectivity index (χ3v) is 9.20. The van der Waals surface area contributed by atoms with Gasteiger partial charge in [0, 0.05) is 22.8 Å². The van der Waals surface area contributed by atoms with E-state index in [-0.39, 0.29) is 0 Å². The van der Waals surface area contributed by atoms with Crippen LogP contribution in [0.5, 0.6) is 0 Å². The Bertz CT molecular complexity index is 2260. The maximum absolute atomic E-state index is 12.9. The molecular formula is C50H49F5N2+2. The zero-order chi connectivity index (χ0) is 40.7. The lowest BCUT2D eigenvalue weighted by molar-refractivity contribution is -0.713. The zero-order valence-corrected chi connectivity index (χ0v) is 32.8. The van der Waals surface area contributed by atoms with E-state index in [4.69, 9.17) is 0 Å². The summed E-state index contributed by atoms with van der Waals surface area (Å²) in [6.45, 7) is 6.94. The van der Waals surface area contributed by atoms with Crippen LogP contribution in [0.2, 0.25) is 0 Å². The lowest BCUT2D eigenvalue weighted by Crippen LogP contribution is -2.97. The zero-order valence-electron chi connectivity index (χ0n) is 32.8. The van der Waals surface area contributed by atoms with Crippen LogP contribution in [0.25, 0.3) is 5.57 Å². The van der Waals surface area contributed by atoms with Gasteiger partial charge in [-0.25, -0.2) is 26.9 Å². The molecule has 1 aliphatic heterocycles. The van der Waals surface area contributed by atoms with Crippen LogP contribution < -0.4 is 10.2 Å². The van der Waals surface area contributed by atoms with Crippen LogP contribution in [0.4, 0.5) is 39.0 Å². The smallest absolute Gasteiger partial charge is 0.200 e. The first-order valence-electron chi connectivity index (χ1n) is 19.3. The predicted molar refractivity (Wildman–Crippen MR) is 224 cm³/mol. The van der Waals surface area contributed by atoms with Gasteiger partial charge in [0.2, 0.25) is 5.82 Å². The molecule has 1 unspecified atom stereocenters. The molecule has 0 aromatic heterocycles. The highest BCUT2D eigenvalue weighted by atomic mass is 19.2. The Balaban J connectivity index is 0.000000306. The van der Waals surface area contributed by atoms with Crippen molar-refractivity contribution < 1.29 is 32.2 Å². The molecule has 1 atom stereocenters. The molecule has 2 nitrogen and oxygen atoms in total. The van der Waals surface area contributed by atoms with Crippen LogP contribution in [-0.4, -0.2) is 0 Å². The first kappa shape index (κ1) is 42.3. The maximum atomic E-state index is 12.9. The van der Waals surface area contributed by atoms with Crippen molar-refractivity contribution in [3.8, 4) is 0 Å². The number of nitrogens with two attached hydrogens (primary N) is 1. The quantitative estimate of drug-likeness (QED) is 0.0808. The van der Waals surface area contributed by atoms with Crippen LogP contribution >= 0.6 is 0 Å². The van der Waals surface area contributed by atoms with Crippen LogP contribution in [0.1, 0.15) is 64.0 Å². The summed E-state index contributed by atoms with van der Waals surface area (Å²) in [4.78, 5) is 1.21. The molecule has 0 spiro atoms. The number of quaternary nitrogens is 2. The highest BCUT2D eigenvalue weighted by Gasteiger charge is 2.27. The van der Waals surface area contributed by atoms with E-state index < -0.39 is 40.6 Å². The van der Waals surface area contributed by atoms with Crippen molar-refractivity contribution in [3.05, 3.63) is 227 Å². The minimum absolute atomic E-state index is 0.764. The molecule has 4 aromatic carbocycles. The summed E-state index contributed by atoms with van der Waals surface area (Å²) in [5.41, 5.74) is 10.6. The molecule has 4 aromatic rings. The van der Waals surface area contributed by atoms with Crippen molar-refractivity contribution in [2.45, 2.75) is 52.9 Å². The van der Waals surface area contributed by atoms with Gasteiger partial charge in [-0.15, -0.1) is 0 Å². The number of allylic oxidation sites excluding steroid dienone is 16. The molecule has 0 saturated heterocycles. The van der Waals surface area contributed by atoms with E-state index >= 15 is 0 Å². The van der Waals surface area contributed by atoms with Crippen molar-refractivity contribution >= 4 is 22.6 Å². The van der Waals surface area contributed by atoms with Gasteiger partial charge in [-0.1, -0.05) is 137 Å². The molecule has 1 heterocycles. The van der Waals surface area contributed by atoms with Crippen molar-refractivity contribution in [2.24, 2.45) is 0 Å². The van der Waals surface area contributed by atoms with Gasteiger partial charge in [-0.05, 0) is 83.5 Å². The van der Waals surface area contributed by atoms with Gasteiger partial charge in [0.05, 0.1) is 0 Å². The van der Waals surface area contributed by atoms with E-state index in [1.54, 1.807) is 0 Å². The number of benzene rings is 4. The van der Waals surface area contributed by atoms with Crippen molar-refractivity contribution in [1.29, 1.82) is 0 Å². The summed E-state index contributed by atoms with van der Waals surface area (Å²) in [6, 6.07) is 30.1. The first-order valence-corrected chi connectivity index (χ1v) is 19.3. The number of hydrogen-bond donors (Lipinski definition) is 2. The Kier molecular flexibility index (Phi) is 15.5. The average Bonchev–Trinajstić information content (AvgIpc) is 3.50. The van der Waals surface area contributed by atoms with Crippen LogP contribution in [0.3, 0.4) is 0 Å². The number of rotatable bonds is 7. The summed E-state index contributed by atoms with van der Waals surface area (Å²) >= 11 is 0. The van der Waals surface area contributed by atoms with Crippen LogP contribution in [0.15, 0.2) is 186 Å². The molecule has 0 bridgehead atoms. The van der Waals surface area contributed by atoms with Gasteiger partial charge < -0.3 is 0 Å². The van der Waals surface area contributed by atoms with E-state index in [9.17, 15) is 22.0 Å². The Morgan fingerprint density at radius 1 is 0.596 bits per heavy atom. The molecule has 0 saturated carbocycles. The maximum Gasteiger partial charge on any atom is 0.200 e. The van der Waals surface area contributed by atoms with Crippen molar-refractivity contribution in [3.63, 3.8) is 0 Å². The molecule has 3 N–H and O–H groups in total. The molecule has 0 fully saturated rings. The largest absolute Gasteiger partial charge is 0.281 e. The summed E-state index contributed by atoms with van der Waals surface area (Å²) in [5.74, 6) is -10.2. The average molecular weight is 773 g/mol.